The van der Waals surface area contributed by atoms with Gasteiger partial charge in [-0.25, -0.2) is 9.37 Å². The number of carbonyl (C=O) groups is 2. The van der Waals surface area contributed by atoms with Crippen LogP contribution in [0.2, 0.25) is 0 Å². The molecule has 41 heavy (non-hydrogen) atoms. The number of aromatic nitrogens is 2. The van der Waals surface area contributed by atoms with Crippen molar-refractivity contribution in [3.63, 3.8) is 0 Å². The van der Waals surface area contributed by atoms with E-state index in [4.69, 9.17) is 18.9 Å². The molecule has 2 aromatic carbocycles. The Kier molecular flexibility index (Phi) is 8.42. The summed E-state index contributed by atoms with van der Waals surface area (Å²) in [7, 11) is 1.52. The standard InChI is InChI=1S/C30H31FN4O6/c1-18-33-25(20-6-8-21(31)9-7-20)15-29(34-18)40-11-5-4-10-39-28-14-26-24(13-27(28)38-3)30(37)35-17-23(41-19(2)36)12-22(35)16-32-26/h6-9,13-16,22-23H,4-5,10-12,17H2,1-3H3. The number of nitrogens with zero attached hydrogens (tertiary/aromatic N) is 4. The lowest BCUT2D eigenvalue weighted by Gasteiger charge is -2.20. The molecule has 0 radical (unpaired) electrons. The highest BCUT2D eigenvalue weighted by Crippen LogP contribution is 2.38. The zero-order valence-corrected chi connectivity index (χ0v) is 23.1. The summed E-state index contributed by atoms with van der Waals surface area (Å²) >= 11 is 0. The number of amides is 1. The Morgan fingerprint density at radius 1 is 1.05 bits per heavy atom. The maximum atomic E-state index is 13.3. The Morgan fingerprint density at radius 2 is 1.80 bits per heavy atom. The van der Waals surface area contributed by atoms with Gasteiger partial charge in [0.2, 0.25) is 5.88 Å². The number of rotatable bonds is 10. The van der Waals surface area contributed by atoms with Gasteiger partial charge in [-0.1, -0.05) is 0 Å². The third-order valence-corrected chi connectivity index (χ3v) is 6.80. The summed E-state index contributed by atoms with van der Waals surface area (Å²) in [5, 5.41) is 0. The summed E-state index contributed by atoms with van der Waals surface area (Å²) in [5.41, 5.74) is 2.35. The van der Waals surface area contributed by atoms with Gasteiger partial charge >= 0.3 is 5.97 Å². The fourth-order valence-corrected chi connectivity index (χ4v) is 4.89. The van der Waals surface area contributed by atoms with Gasteiger partial charge in [-0.05, 0) is 50.1 Å². The van der Waals surface area contributed by atoms with Crippen LogP contribution in [0.15, 0.2) is 47.5 Å². The Bertz CT molecular complexity index is 1460. The minimum atomic E-state index is -0.368. The van der Waals surface area contributed by atoms with Crippen molar-refractivity contribution in [3.05, 3.63) is 59.7 Å². The van der Waals surface area contributed by atoms with E-state index in [-0.39, 0.29) is 29.8 Å². The third-order valence-electron chi connectivity index (χ3n) is 6.80. The molecular weight excluding hydrogens is 531 g/mol. The zero-order chi connectivity index (χ0) is 28.9. The molecular formula is C30H31FN4O6. The lowest BCUT2D eigenvalue weighted by Crippen LogP contribution is -2.36. The van der Waals surface area contributed by atoms with Crippen molar-refractivity contribution >= 4 is 23.8 Å². The minimum absolute atomic E-state index is 0.193. The Balaban J connectivity index is 1.15. The molecule has 11 heteroatoms. The number of carbonyl (C=O) groups excluding carboxylic acids is 2. The van der Waals surface area contributed by atoms with Crippen LogP contribution in [-0.4, -0.2) is 72.0 Å². The van der Waals surface area contributed by atoms with Crippen LogP contribution in [0.25, 0.3) is 11.3 Å². The van der Waals surface area contributed by atoms with Crippen molar-refractivity contribution in [2.75, 3.05) is 26.9 Å². The number of unbranched alkanes of at least 4 members (excludes halogenated alkanes) is 1. The van der Waals surface area contributed by atoms with Crippen molar-refractivity contribution in [1.82, 2.24) is 14.9 Å². The SMILES string of the molecule is COc1cc2c(cc1OCCCCOc1cc(-c3ccc(F)cc3)nc(C)n1)N=CC1CC(OC(C)=O)CN1C2=O. The van der Waals surface area contributed by atoms with Gasteiger partial charge in [-0.2, -0.15) is 4.98 Å². The molecule has 214 valence electrons. The quantitative estimate of drug-likeness (QED) is 0.258. The van der Waals surface area contributed by atoms with E-state index in [2.05, 4.69) is 15.0 Å². The molecule has 2 atom stereocenters. The molecule has 10 nitrogen and oxygen atoms in total. The van der Waals surface area contributed by atoms with E-state index in [1.165, 1.54) is 26.2 Å². The first-order valence-electron chi connectivity index (χ1n) is 13.4. The smallest absolute Gasteiger partial charge is 0.302 e. The average Bonchev–Trinajstić information content (AvgIpc) is 3.30. The first-order valence-corrected chi connectivity index (χ1v) is 13.4. The van der Waals surface area contributed by atoms with Crippen molar-refractivity contribution in [2.24, 2.45) is 4.99 Å². The summed E-state index contributed by atoms with van der Waals surface area (Å²) in [4.78, 5) is 39.6. The molecule has 3 heterocycles. The number of benzene rings is 2. The molecule has 1 fully saturated rings. The van der Waals surface area contributed by atoms with Gasteiger partial charge in [0.05, 0.1) is 49.9 Å². The second-order valence-electron chi connectivity index (χ2n) is 9.84. The summed E-state index contributed by atoms with van der Waals surface area (Å²) in [6.45, 7) is 4.29. The first kappa shape index (κ1) is 28.0. The molecule has 0 spiro atoms. The highest BCUT2D eigenvalue weighted by molar-refractivity contribution is 6.03. The topological polar surface area (TPSA) is 112 Å². The van der Waals surface area contributed by atoms with Crippen molar-refractivity contribution in [1.29, 1.82) is 0 Å². The van der Waals surface area contributed by atoms with E-state index in [0.717, 1.165) is 5.56 Å². The molecule has 0 saturated carbocycles. The van der Waals surface area contributed by atoms with Gasteiger partial charge < -0.3 is 23.8 Å². The highest BCUT2D eigenvalue weighted by Gasteiger charge is 2.39. The Hall–Kier alpha value is -4.54. The lowest BCUT2D eigenvalue weighted by atomic mass is 10.1. The third kappa shape index (κ3) is 6.62. The number of halogens is 1. The Labute approximate surface area is 237 Å². The predicted molar refractivity (Wildman–Crippen MR) is 149 cm³/mol. The normalized spacial score (nSPS) is 17.5. The van der Waals surface area contributed by atoms with Gasteiger partial charge in [0, 0.05) is 37.3 Å². The van der Waals surface area contributed by atoms with Gasteiger partial charge in [0.1, 0.15) is 17.7 Å². The predicted octanol–water partition coefficient (Wildman–Crippen LogP) is 4.70. The molecule has 2 aliphatic heterocycles. The van der Waals surface area contributed by atoms with E-state index < -0.39 is 0 Å². The monoisotopic (exact) mass is 562 g/mol. The number of aliphatic imine (C=N–C) groups is 1. The van der Waals surface area contributed by atoms with Crippen molar-refractivity contribution in [2.45, 2.75) is 45.3 Å². The molecule has 1 saturated heterocycles. The molecule has 0 bridgehead atoms. The van der Waals surface area contributed by atoms with E-state index >= 15 is 0 Å². The summed E-state index contributed by atoms with van der Waals surface area (Å²) in [5.74, 6) is 1.07. The highest BCUT2D eigenvalue weighted by atomic mass is 19.1. The lowest BCUT2D eigenvalue weighted by molar-refractivity contribution is -0.145. The van der Waals surface area contributed by atoms with Crippen molar-refractivity contribution < 1.29 is 32.9 Å². The molecule has 2 aliphatic rings. The van der Waals surface area contributed by atoms with Crippen LogP contribution in [-0.2, 0) is 9.53 Å². The fourth-order valence-electron chi connectivity index (χ4n) is 4.89. The number of esters is 1. The summed E-state index contributed by atoms with van der Waals surface area (Å²) < 4.78 is 35.9. The van der Waals surface area contributed by atoms with Crippen LogP contribution in [0.3, 0.4) is 0 Å². The maximum absolute atomic E-state index is 13.3. The fraction of sp³-hybridized carbons (Fsp3) is 0.367. The molecule has 5 rings (SSSR count). The van der Waals surface area contributed by atoms with Gasteiger partial charge in [0.15, 0.2) is 11.5 Å². The Morgan fingerprint density at radius 3 is 2.54 bits per heavy atom. The average molecular weight is 563 g/mol. The van der Waals surface area contributed by atoms with Gasteiger partial charge in [0.25, 0.3) is 5.91 Å². The molecule has 0 aliphatic carbocycles. The summed E-state index contributed by atoms with van der Waals surface area (Å²) in [6, 6.07) is 11.0. The minimum Gasteiger partial charge on any atom is -0.493 e. The maximum Gasteiger partial charge on any atom is 0.302 e. The molecule has 3 aromatic rings. The van der Waals surface area contributed by atoms with E-state index in [1.807, 2.05) is 0 Å². The molecule has 1 amide bonds. The van der Waals surface area contributed by atoms with Crippen LogP contribution in [0.1, 0.15) is 42.4 Å². The van der Waals surface area contributed by atoms with Gasteiger partial charge in [-0.3, -0.25) is 14.6 Å². The number of fused-ring (bicyclic) bond motifs is 2. The van der Waals surface area contributed by atoms with E-state index in [0.29, 0.717) is 79.2 Å². The largest absolute Gasteiger partial charge is 0.493 e. The second-order valence-corrected chi connectivity index (χ2v) is 9.84. The van der Waals surface area contributed by atoms with E-state index in [1.54, 1.807) is 48.4 Å². The number of ether oxygens (including phenoxy) is 4. The molecule has 2 unspecified atom stereocenters. The van der Waals surface area contributed by atoms with Crippen LogP contribution in [0.5, 0.6) is 17.4 Å². The van der Waals surface area contributed by atoms with Crippen LogP contribution < -0.4 is 14.2 Å². The molecule has 0 N–H and O–H groups in total. The van der Waals surface area contributed by atoms with Gasteiger partial charge in [-0.15, -0.1) is 0 Å². The van der Waals surface area contributed by atoms with Crippen LogP contribution in [0.4, 0.5) is 10.1 Å². The summed E-state index contributed by atoms with van der Waals surface area (Å²) in [6.07, 6.45) is 3.28. The van der Waals surface area contributed by atoms with E-state index in [9.17, 15) is 14.0 Å². The first-order chi connectivity index (χ1) is 19.8. The molecule has 1 aromatic heterocycles. The number of aryl methyl sites for hydroxylation is 1. The zero-order valence-electron chi connectivity index (χ0n) is 23.1. The number of hydrogen-bond donors (Lipinski definition) is 0. The number of methoxy groups -OCH3 is 1. The second kappa shape index (κ2) is 12.3. The van der Waals surface area contributed by atoms with Crippen LogP contribution in [0, 0.1) is 12.7 Å². The number of hydrogen-bond acceptors (Lipinski definition) is 9. The van der Waals surface area contributed by atoms with Crippen LogP contribution >= 0.6 is 0 Å². The van der Waals surface area contributed by atoms with Crippen molar-refractivity contribution in [3.8, 4) is 28.6 Å².